The molecule has 2 heterocycles. The summed E-state index contributed by atoms with van der Waals surface area (Å²) in [5.41, 5.74) is 0. The standard InChI is InChI=1S/C13H22N2O3/c1-3-10-8-12(18-9(2)16)13(17)15(10)11-4-6-14-7-5-11/h10-12,14H,3-8H2,1-2H3/t10-,12?/m1/s1. The molecule has 0 radical (unpaired) electrons. The van der Waals surface area contributed by atoms with Crippen LogP contribution >= 0.6 is 0 Å². The van der Waals surface area contributed by atoms with E-state index in [1.807, 2.05) is 4.90 Å². The van der Waals surface area contributed by atoms with Crippen molar-refractivity contribution in [2.75, 3.05) is 13.1 Å². The molecule has 2 fully saturated rings. The molecular formula is C13H22N2O3. The summed E-state index contributed by atoms with van der Waals surface area (Å²) in [7, 11) is 0. The van der Waals surface area contributed by atoms with Crippen molar-refractivity contribution >= 4 is 11.9 Å². The average Bonchev–Trinajstić information content (AvgIpc) is 2.66. The topological polar surface area (TPSA) is 58.6 Å². The van der Waals surface area contributed by atoms with Crippen molar-refractivity contribution in [3.63, 3.8) is 0 Å². The fourth-order valence-corrected chi connectivity index (χ4v) is 3.03. The molecule has 18 heavy (non-hydrogen) atoms. The maximum atomic E-state index is 12.3. The second-order valence-electron chi connectivity index (χ2n) is 5.12. The summed E-state index contributed by atoms with van der Waals surface area (Å²) in [5, 5.41) is 3.31. The number of carbonyl (C=O) groups is 2. The fraction of sp³-hybridized carbons (Fsp3) is 0.846. The Labute approximate surface area is 108 Å². The van der Waals surface area contributed by atoms with Crippen LogP contribution in [0.1, 0.15) is 39.5 Å². The predicted molar refractivity (Wildman–Crippen MR) is 67.0 cm³/mol. The van der Waals surface area contributed by atoms with Gasteiger partial charge in [0, 0.05) is 25.4 Å². The van der Waals surface area contributed by atoms with Gasteiger partial charge in [0.2, 0.25) is 0 Å². The lowest BCUT2D eigenvalue weighted by atomic mass is 10.0. The number of hydrogen-bond acceptors (Lipinski definition) is 4. The number of esters is 1. The van der Waals surface area contributed by atoms with E-state index in [-0.39, 0.29) is 17.9 Å². The second-order valence-corrected chi connectivity index (χ2v) is 5.12. The number of rotatable bonds is 3. The number of nitrogens with one attached hydrogen (secondary N) is 1. The van der Waals surface area contributed by atoms with E-state index in [1.165, 1.54) is 6.92 Å². The van der Waals surface area contributed by atoms with Crippen molar-refractivity contribution in [3.8, 4) is 0 Å². The molecule has 2 aliphatic heterocycles. The lowest BCUT2D eigenvalue weighted by molar-refractivity contribution is -0.155. The van der Waals surface area contributed by atoms with Gasteiger partial charge in [-0.05, 0) is 32.4 Å². The van der Waals surface area contributed by atoms with Crippen LogP contribution in [0.25, 0.3) is 0 Å². The molecule has 2 atom stereocenters. The molecule has 0 aromatic carbocycles. The highest BCUT2D eigenvalue weighted by atomic mass is 16.5. The van der Waals surface area contributed by atoms with E-state index in [2.05, 4.69) is 12.2 Å². The van der Waals surface area contributed by atoms with E-state index >= 15 is 0 Å². The van der Waals surface area contributed by atoms with Gasteiger partial charge in [0.15, 0.2) is 6.10 Å². The van der Waals surface area contributed by atoms with Gasteiger partial charge >= 0.3 is 5.97 Å². The molecule has 0 aliphatic carbocycles. The van der Waals surface area contributed by atoms with Crippen LogP contribution in [0.3, 0.4) is 0 Å². The van der Waals surface area contributed by atoms with Crippen molar-refractivity contribution in [2.24, 2.45) is 0 Å². The van der Waals surface area contributed by atoms with E-state index < -0.39 is 6.10 Å². The zero-order chi connectivity index (χ0) is 13.1. The minimum absolute atomic E-state index is 0.00366. The Morgan fingerprint density at radius 1 is 1.44 bits per heavy atom. The van der Waals surface area contributed by atoms with E-state index in [0.717, 1.165) is 32.4 Å². The highest BCUT2D eigenvalue weighted by Crippen LogP contribution is 2.29. The number of hydrogen-bond donors (Lipinski definition) is 1. The maximum absolute atomic E-state index is 12.3. The van der Waals surface area contributed by atoms with Gasteiger partial charge in [0.1, 0.15) is 0 Å². The Bertz CT molecular complexity index is 326. The van der Waals surface area contributed by atoms with Crippen LogP contribution < -0.4 is 5.32 Å². The largest absolute Gasteiger partial charge is 0.452 e. The molecule has 0 aromatic heterocycles. The van der Waals surface area contributed by atoms with Gasteiger partial charge in [-0.1, -0.05) is 6.92 Å². The van der Waals surface area contributed by atoms with Crippen molar-refractivity contribution in [1.82, 2.24) is 10.2 Å². The molecule has 0 bridgehead atoms. The molecule has 0 saturated carbocycles. The SMILES string of the molecule is CC[C@@H]1CC(OC(C)=O)C(=O)N1C1CCNCC1. The maximum Gasteiger partial charge on any atom is 0.303 e. The molecule has 5 heteroatoms. The molecule has 5 nitrogen and oxygen atoms in total. The zero-order valence-electron chi connectivity index (χ0n) is 11.1. The van der Waals surface area contributed by atoms with Crippen molar-refractivity contribution in [1.29, 1.82) is 0 Å². The van der Waals surface area contributed by atoms with E-state index in [4.69, 9.17) is 4.74 Å². The number of likely N-dealkylation sites (tertiary alicyclic amines) is 1. The van der Waals surface area contributed by atoms with Gasteiger partial charge in [0.05, 0.1) is 0 Å². The van der Waals surface area contributed by atoms with Crippen LogP contribution in [-0.4, -0.2) is 48.1 Å². The third-order valence-electron chi connectivity index (χ3n) is 3.89. The first kappa shape index (κ1) is 13.3. The first-order valence-corrected chi connectivity index (χ1v) is 6.83. The summed E-state index contributed by atoms with van der Waals surface area (Å²) in [6.45, 7) is 5.37. The van der Waals surface area contributed by atoms with Crippen molar-refractivity contribution in [3.05, 3.63) is 0 Å². The second kappa shape index (κ2) is 5.69. The zero-order valence-corrected chi connectivity index (χ0v) is 11.1. The number of nitrogens with zero attached hydrogens (tertiary/aromatic N) is 1. The minimum atomic E-state index is -0.553. The van der Waals surface area contributed by atoms with Gasteiger partial charge in [-0.3, -0.25) is 9.59 Å². The number of piperidine rings is 1. The Morgan fingerprint density at radius 3 is 2.67 bits per heavy atom. The van der Waals surface area contributed by atoms with Gasteiger partial charge in [-0.25, -0.2) is 0 Å². The number of amides is 1. The van der Waals surface area contributed by atoms with Crippen LogP contribution in [0.2, 0.25) is 0 Å². The summed E-state index contributed by atoms with van der Waals surface area (Å²) in [5.74, 6) is -0.362. The third-order valence-corrected chi connectivity index (χ3v) is 3.89. The summed E-state index contributed by atoms with van der Waals surface area (Å²) in [6, 6.07) is 0.536. The molecule has 2 aliphatic rings. The Balaban J connectivity index is 2.07. The number of ether oxygens (including phenoxy) is 1. The molecule has 1 N–H and O–H groups in total. The summed E-state index contributed by atoms with van der Waals surface area (Å²) >= 11 is 0. The molecule has 1 amide bonds. The monoisotopic (exact) mass is 254 g/mol. The molecule has 0 aromatic rings. The Morgan fingerprint density at radius 2 is 2.11 bits per heavy atom. The van der Waals surface area contributed by atoms with Crippen LogP contribution in [0.15, 0.2) is 0 Å². The normalized spacial score (nSPS) is 29.7. The predicted octanol–water partition coefficient (Wildman–Crippen LogP) is 0.681. The third kappa shape index (κ3) is 2.66. The highest BCUT2D eigenvalue weighted by molar-refractivity contribution is 5.86. The van der Waals surface area contributed by atoms with Gasteiger partial charge in [-0.15, -0.1) is 0 Å². The molecular weight excluding hydrogens is 232 g/mol. The molecule has 0 spiro atoms. The van der Waals surface area contributed by atoms with E-state index in [1.54, 1.807) is 0 Å². The van der Waals surface area contributed by atoms with Gasteiger partial charge < -0.3 is 15.0 Å². The average molecular weight is 254 g/mol. The quantitative estimate of drug-likeness (QED) is 0.753. The van der Waals surface area contributed by atoms with Crippen LogP contribution in [0.5, 0.6) is 0 Å². The van der Waals surface area contributed by atoms with Crippen LogP contribution in [-0.2, 0) is 14.3 Å². The highest BCUT2D eigenvalue weighted by Gasteiger charge is 2.43. The van der Waals surface area contributed by atoms with Gasteiger partial charge in [-0.2, -0.15) is 0 Å². The fourth-order valence-electron chi connectivity index (χ4n) is 3.03. The Kier molecular flexibility index (Phi) is 4.22. The van der Waals surface area contributed by atoms with Crippen LogP contribution in [0, 0.1) is 0 Å². The molecule has 2 saturated heterocycles. The molecule has 102 valence electrons. The first-order chi connectivity index (χ1) is 8.63. The van der Waals surface area contributed by atoms with E-state index in [0.29, 0.717) is 12.5 Å². The summed E-state index contributed by atoms with van der Waals surface area (Å²) in [6.07, 6.45) is 3.01. The summed E-state index contributed by atoms with van der Waals surface area (Å²) < 4.78 is 5.13. The molecule has 1 unspecified atom stereocenters. The van der Waals surface area contributed by atoms with E-state index in [9.17, 15) is 9.59 Å². The van der Waals surface area contributed by atoms with Crippen molar-refractivity contribution < 1.29 is 14.3 Å². The summed E-state index contributed by atoms with van der Waals surface area (Å²) in [4.78, 5) is 25.3. The number of carbonyl (C=O) groups excluding carboxylic acids is 2. The smallest absolute Gasteiger partial charge is 0.303 e. The Hall–Kier alpha value is -1.10. The lowest BCUT2D eigenvalue weighted by Crippen LogP contribution is -2.48. The lowest BCUT2D eigenvalue weighted by Gasteiger charge is -2.35. The minimum Gasteiger partial charge on any atom is -0.452 e. The van der Waals surface area contributed by atoms with Crippen LogP contribution in [0.4, 0.5) is 0 Å². The van der Waals surface area contributed by atoms with Crippen molar-refractivity contribution in [2.45, 2.75) is 57.7 Å². The van der Waals surface area contributed by atoms with Gasteiger partial charge in [0.25, 0.3) is 5.91 Å². The first-order valence-electron chi connectivity index (χ1n) is 6.83. The molecule has 2 rings (SSSR count).